The lowest BCUT2D eigenvalue weighted by Gasteiger charge is -2.05. The zero-order valence-electron chi connectivity index (χ0n) is 8.27. The maximum atomic E-state index is 10.8. The lowest BCUT2D eigenvalue weighted by atomic mass is 10.00. The van der Waals surface area contributed by atoms with E-state index in [2.05, 4.69) is 0 Å². The first kappa shape index (κ1) is 8.77. The van der Waals surface area contributed by atoms with Gasteiger partial charge in [0.15, 0.2) is 0 Å². The molecule has 1 heterocycles. The molecule has 1 aliphatic carbocycles. The van der Waals surface area contributed by atoms with Crippen LogP contribution in [0, 0.1) is 5.92 Å². The number of carbonyl (C=O) groups is 1. The molecule has 2 atom stereocenters. The third kappa shape index (κ3) is 1.30. The molecule has 3 rings (SSSR count). The summed E-state index contributed by atoms with van der Waals surface area (Å²) in [6, 6.07) is 5.96. The van der Waals surface area contributed by atoms with Crippen molar-refractivity contribution in [1.82, 2.24) is 0 Å². The van der Waals surface area contributed by atoms with Gasteiger partial charge in [0.1, 0.15) is 5.75 Å². The van der Waals surface area contributed by atoms with Gasteiger partial charge in [0.05, 0.1) is 12.5 Å². The Morgan fingerprint density at radius 2 is 2.33 bits per heavy atom. The summed E-state index contributed by atoms with van der Waals surface area (Å²) < 4.78 is 5.47. The smallest absolute Gasteiger partial charge is 0.307 e. The van der Waals surface area contributed by atoms with E-state index in [0.717, 1.165) is 25.2 Å². The van der Waals surface area contributed by atoms with Crippen molar-refractivity contribution in [2.45, 2.75) is 18.8 Å². The van der Waals surface area contributed by atoms with Crippen LogP contribution >= 0.6 is 0 Å². The number of ether oxygens (including phenoxy) is 1. The number of hydrogen-bond acceptors (Lipinski definition) is 2. The molecular formula is C12H12O3. The minimum Gasteiger partial charge on any atom is -0.493 e. The number of rotatable bonds is 2. The SMILES string of the molecule is O=C(O)[C@H]1C[C@@H]1c1cccc2c1CCO2. The van der Waals surface area contributed by atoms with Crippen LogP contribution in [-0.4, -0.2) is 17.7 Å². The van der Waals surface area contributed by atoms with E-state index in [1.807, 2.05) is 18.2 Å². The predicted molar refractivity (Wildman–Crippen MR) is 54.1 cm³/mol. The van der Waals surface area contributed by atoms with Gasteiger partial charge < -0.3 is 9.84 Å². The molecule has 1 N–H and O–H groups in total. The van der Waals surface area contributed by atoms with Crippen LogP contribution in [0.2, 0.25) is 0 Å². The molecule has 1 saturated carbocycles. The minimum atomic E-state index is -0.670. The molecule has 1 aliphatic heterocycles. The lowest BCUT2D eigenvalue weighted by molar-refractivity contribution is -0.138. The van der Waals surface area contributed by atoms with Crippen LogP contribution in [0.15, 0.2) is 18.2 Å². The Kier molecular flexibility index (Phi) is 1.75. The Bertz CT molecular complexity index is 425. The molecule has 1 aromatic carbocycles. The minimum absolute atomic E-state index is 0.169. The van der Waals surface area contributed by atoms with Gasteiger partial charge in [-0.15, -0.1) is 0 Å². The number of hydrogen-bond donors (Lipinski definition) is 1. The van der Waals surface area contributed by atoms with Gasteiger partial charge in [-0.3, -0.25) is 4.79 Å². The molecule has 0 unspecified atom stereocenters. The fourth-order valence-corrected chi connectivity index (χ4v) is 2.41. The zero-order chi connectivity index (χ0) is 10.4. The highest BCUT2D eigenvalue weighted by Gasteiger charge is 2.45. The van der Waals surface area contributed by atoms with Gasteiger partial charge in [0, 0.05) is 12.0 Å². The Morgan fingerprint density at radius 1 is 1.47 bits per heavy atom. The van der Waals surface area contributed by atoms with Crippen LogP contribution < -0.4 is 4.74 Å². The number of carboxylic acids is 1. The molecule has 1 fully saturated rings. The fourth-order valence-electron chi connectivity index (χ4n) is 2.41. The average molecular weight is 204 g/mol. The normalized spacial score (nSPS) is 26.9. The molecule has 0 saturated heterocycles. The summed E-state index contributed by atoms with van der Waals surface area (Å²) in [4.78, 5) is 10.8. The highest BCUT2D eigenvalue weighted by atomic mass is 16.5. The van der Waals surface area contributed by atoms with E-state index in [9.17, 15) is 4.79 Å². The molecule has 1 aromatic rings. The molecular weight excluding hydrogens is 192 g/mol. The van der Waals surface area contributed by atoms with Gasteiger partial charge >= 0.3 is 5.97 Å². The van der Waals surface area contributed by atoms with E-state index in [-0.39, 0.29) is 11.8 Å². The molecule has 3 nitrogen and oxygen atoms in total. The van der Waals surface area contributed by atoms with Crippen molar-refractivity contribution in [3.63, 3.8) is 0 Å². The van der Waals surface area contributed by atoms with Crippen LogP contribution in [0.3, 0.4) is 0 Å². The highest BCUT2D eigenvalue weighted by molar-refractivity contribution is 5.75. The first-order valence-corrected chi connectivity index (χ1v) is 5.25. The monoisotopic (exact) mass is 204 g/mol. The van der Waals surface area contributed by atoms with Crippen molar-refractivity contribution >= 4 is 5.97 Å². The topological polar surface area (TPSA) is 46.5 Å². The molecule has 15 heavy (non-hydrogen) atoms. The first-order chi connectivity index (χ1) is 7.27. The van der Waals surface area contributed by atoms with Gasteiger partial charge in [-0.2, -0.15) is 0 Å². The third-order valence-corrected chi connectivity index (χ3v) is 3.29. The predicted octanol–water partition coefficient (Wildman–Crippen LogP) is 1.81. The van der Waals surface area contributed by atoms with Gasteiger partial charge in [-0.1, -0.05) is 12.1 Å². The second kappa shape index (κ2) is 2.99. The van der Waals surface area contributed by atoms with E-state index < -0.39 is 5.97 Å². The van der Waals surface area contributed by atoms with Gasteiger partial charge in [0.2, 0.25) is 0 Å². The van der Waals surface area contributed by atoms with Gasteiger partial charge in [0.25, 0.3) is 0 Å². The summed E-state index contributed by atoms with van der Waals surface area (Å²) in [6.07, 6.45) is 1.71. The Balaban J connectivity index is 1.94. The Hall–Kier alpha value is -1.51. The summed E-state index contributed by atoms with van der Waals surface area (Å²) in [6.45, 7) is 0.733. The van der Waals surface area contributed by atoms with Crippen molar-refractivity contribution in [3.05, 3.63) is 29.3 Å². The highest BCUT2D eigenvalue weighted by Crippen LogP contribution is 2.50. The molecule has 0 aromatic heterocycles. The summed E-state index contributed by atoms with van der Waals surface area (Å²) >= 11 is 0. The third-order valence-electron chi connectivity index (χ3n) is 3.29. The van der Waals surface area contributed by atoms with E-state index in [1.165, 1.54) is 11.1 Å². The van der Waals surface area contributed by atoms with E-state index in [0.29, 0.717) is 0 Å². The second-order valence-electron chi connectivity index (χ2n) is 4.21. The van der Waals surface area contributed by atoms with E-state index in [4.69, 9.17) is 9.84 Å². The fraction of sp³-hybridized carbons (Fsp3) is 0.417. The van der Waals surface area contributed by atoms with Crippen molar-refractivity contribution < 1.29 is 14.6 Å². The van der Waals surface area contributed by atoms with Crippen molar-refractivity contribution in [2.24, 2.45) is 5.92 Å². The summed E-state index contributed by atoms with van der Waals surface area (Å²) in [5, 5.41) is 8.90. The number of fused-ring (bicyclic) bond motifs is 1. The first-order valence-electron chi connectivity index (χ1n) is 5.25. The molecule has 0 spiro atoms. The Morgan fingerprint density at radius 3 is 3.07 bits per heavy atom. The van der Waals surface area contributed by atoms with Crippen LogP contribution in [0.25, 0.3) is 0 Å². The maximum absolute atomic E-state index is 10.8. The van der Waals surface area contributed by atoms with Gasteiger partial charge in [-0.05, 0) is 24.0 Å². The molecule has 0 bridgehead atoms. The maximum Gasteiger partial charge on any atom is 0.307 e. The van der Waals surface area contributed by atoms with Gasteiger partial charge in [-0.25, -0.2) is 0 Å². The van der Waals surface area contributed by atoms with Crippen LogP contribution in [0.4, 0.5) is 0 Å². The largest absolute Gasteiger partial charge is 0.493 e. The quantitative estimate of drug-likeness (QED) is 0.799. The zero-order valence-corrected chi connectivity index (χ0v) is 8.27. The summed E-state index contributed by atoms with van der Waals surface area (Å²) in [7, 11) is 0. The molecule has 2 aliphatic rings. The van der Waals surface area contributed by atoms with Crippen molar-refractivity contribution in [1.29, 1.82) is 0 Å². The van der Waals surface area contributed by atoms with Crippen LogP contribution in [0.5, 0.6) is 5.75 Å². The second-order valence-corrected chi connectivity index (χ2v) is 4.21. The number of aliphatic carboxylic acids is 1. The summed E-state index contributed by atoms with van der Waals surface area (Å²) in [5.74, 6) is 0.330. The average Bonchev–Trinajstić information content (AvgIpc) is 2.87. The van der Waals surface area contributed by atoms with Crippen molar-refractivity contribution in [2.75, 3.05) is 6.61 Å². The molecule has 3 heteroatoms. The number of carboxylic acid groups (broad SMARTS) is 1. The van der Waals surface area contributed by atoms with E-state index >= 15 is 0 Å². The molecule has 0 radical (unpaired) electrons. The van der Waals surface area contributed by atoms with Crippen molar-refractivity contribution in [3.8, 4) is 5.75 Å². The summed E-state index contributed by atoms with van der Waals surface area (Å²) in [5.41, 5.74) is 2.42. The number of benzene rings is 1. The Labute approximate surface area is 87.7 Å². The van der Waals surface area contributed by atoms with E-state index in [1.54, 1.807) is 0 Å². The molecule has 0 amide bonds. The standard InChI is InChI=1S/C12H12O3/c13-12(14)10-6-9(10)7-2-1-3-11-8(7)4-5-15-11/h1-3,9-10H,4-6H2,(H,13,14)/t9-,10+/m1/s1. The van der Waals surface area contributed by atoms with Crippen LogP contribution in [0.1, 0.15) is 23.5 Å². The molecule has 78 valence electrons. The van der Waals surface area contributed by atoms with Crippen LogP contribution in [-0.2, 0) is 11.2 Å². The lowest BCUT2D eigenvalue weighted by Crippen LogP contribution is -2.00.